The number of rotatable bonds is 3. The van der Waals surface area contributed by atoms with Crippen LogP contribution in [0.3, 0.4) is 0 Å². The molecule has 9 heteroatoms. The minimum Gasteiger partial charge on any atom is -0.367 e. The number of likely N-dealkylation sites (tertiary alicyclic amines) is 1. The average Bonchev–Trinajstić information content (AvgIpc) is 3.16. The highest BCUT2D eigenvalue weighted by atomic mass is 19.4. The molecule has 1 unspecified atom stereocenters. The van der Waals surface area contributed by atoms with Gasteiger partial charge in [-0.05, 0) is 37.8 Å². The van der Waals surface area contributed by atoms with Crippen LogP contribution in [0.4, 0.5) is 19.0 Å². The molecule has 0 aromatic carbocycles. The van der Waals surface area contributed by atoms with Crippen LogP contribution in [-0.4, -0.2) is 50.9 Å². The first-order valence-corrected chi connectivity index (χ1v) is 9.99. The van der Waals surface area contributed by atoms with Gasteiger partial charge in [0.25, 0.3) is 5.91 Å². The van der Waals surface area contributed by atoms with Gasteiger partial charge in [0.15, 0.2) is 6.04 Å². The fraction of sp³-hybridized carbons (Fsp3) is 0.550. The molecule has 4 heterocycles. The maximum Gasteiger partial charge on any atom is 0.410 e. The molecule has 29 heavy (non-hydrogen) atoms. The Morgan fingerprint density at radius 2 is 2.17 bits per heavy atom. The molecule has 3 atom stereocenters. The summed E-state index contributed by atoms with van der Waals surface area (Å²) in [7, 11) is 0. The molecular weight excluding hydrogens is 383 g/mol. The normalized spacial score (nSPS) is 24.7. The van der Waals surface area contributed by atoms with E-state index < -0.39 is 12.2 Å². The molecule has 0 radical (unpaired) electrons. The molecule has 1 amide bonds. The Morgan fingerprint density at radius 3 is 2.86 bits per heavy atom. The van der Waals surface area contributed by atoms with Crippen molar-refractivity contribution >= 4 is 11.7 Å². The Morgan fingerprint density at radius 1 is 1.34 bits per heavy atom. The van der Waals surface area contributed by atoms with Crippen molar-refractivity contribution in [2.45, 2.75) is 56.8 Å². The van der Waals surface area contributed by atoms with Crippen LogP contribution in [-0.2, 0) is 0 Å². The van der Waals surface area contributed by atoms with Gasteiger partial charge in [-0.25, -0.2) is 4.68 Å². The molecule has 0 saturated carbocycles. The Balaban J connectivity index is 1.56. The number of halogens is 3. The van der Waals surface area contributed by atoms with Crippen LogP contribution in [0.25, 0.3) is 0 Å². The first kappa shape index (κ1) is 19.7. The Labute approximate surface area is 167 Å². The smallest absolute Gasteiger partial charge is 0.367 e. The van der Waals surface area contributed by atoms with E-state index in [1.54, 1.807) is 35.4 Å². The van der Waals surface area contributed by atoms with Crippen LogP contribution in [0.15, 0.2) is 30.5 Å². The van der Waals surface area contributed by atoms with E-state index in [2.05, 4.69) is 15.4 Å². The Kier molecular flexibility index (Phi) is 5.23. The van der Waals surface area contributed by atoms with E-state index in [9.17, 15) is 18.0 Å². The summed E-state index contributed by atoms with van der Waals surface area (Å²) in [6, 6.07) is 5.06. The minimum atomic E-state index is -4.35. The molecule has 0 spiro atoms. The Hall–Kier alpha value is -2.58. The number of hydrogen-bond acceptors (Lipinski definition) is 4. The molecule has 156 valence electrons. The van der Waals surface area contributed by atoms with E-state index in [4.69, 9.17) is 0 Å². The zero-order valence-electron chi connectivity index (χ0n) is 16.2. The highest BCUT2D eigenvalue weighted by molar-refractivity contribution is 5.92. The number of amides is 1. The molecule has 0 bridgehead atoms. The SMILES string of the molecule is CC[C@@H]1C[C@H](C(F)(F)F)n2nc(C3CCCN(C(=O)c4ccccn4)C3)cc2N1. The van der Waals surface area contributed by atoms with Crippen LogP contribution in [0.1, 0.15) is 60.7 Å². The van der Waals surface area contributed by atoms with Crippen LogP contribution in [0.2, 0.25) is 0 Å². The first-order chi connectivity index (χ1) is 13.9. The third kappa shape index (κ3) is 3.95. The lowest BCUT2D eigenvalue weighted by molar-refractivity contribution is -0.173. The third-order valence-corrected chi connectivity index (χ3v) is 5.79. The van der Waals surface area contributed by atoms with E-state index in [0.717, 1.165) is 17.5 Å². The quantitative estimate of drug-likeness (QED) is 0.836. The van der Waals surface area contributed by atoms with Crippen molar-refractivity contribution in [3.05, 3.63) is 41.9 Å². The van der Waals surface area contributed by atoms with Gasteiger partial charge in [-0.3, -0.25) is 9.78 Å². The first-order valence-electron chi connectivity index (χ1n) is 9.99. The largest absolute Gasteiger partial charge is 0.410 e. The lowest BCUT2D eigenvalue weighted by Crippen LogP contribution is -2.40. The Bertz CT molecular complexity index is 867. The highest BCUT2D eigenvalue weighted by Crippen LogP contribution is 2.41. The van der Waals surface area contributed by atoms with Crippen molar-refractivity contribution in [3.63, 3.8) is 0 Å². The number of hydrogen-bond donors (Lipinski definition) is 1. The summed E-state index contributed by atoms with van der Waals surface area (Å²) in [5.74, 6) is 0.162. The zero-order chi connectivity index (χ0) is 20.6. The van der Waals surface area contributed by atoms with Crippen LogP contribution in [0, 0.1) is 0 Å². The van der Waals surface area contributed by atoms with Crippen molar-refractivity contribution in [2.24, 2.45) is 0 Å². The van der Waals surface area contributed by atoms with Gasteiger partial charge in [0, 0.05) is 37.3 Å². The van der Waals surface area contributed by atoms with E-state index in [1.165, 1.54) is 0 Å². The van der Waals surface area contributed by atoms with Gasteiger partial charge < -0.3 is 10.2 Å². The highest BCUT2D eigenvalue weighted by Gasteiger charge is 2.46. The molecule has 0 aliphatic carbocycles. The number of alkyl halides is 3. The molecule has 2 aromatic heterocycles. The predicted molar refractivity (Wildman–Crippen MR) is 102 cm³/mol. The number of anilines is 1. The number of fused-ring (bicyclic) bond motifs is 1. The van der Waals surface area contributed by atoms with Crippen molar-refractivity contribution in [3.8, 4) is 0 Å². The van der Waals surface area contributed by atoms with Gasteiger partial charge in [0.05, 0.1) is 5.69 Å². The number of nitrogens with one attached hydrogen (secondary N) is 1. The van der Waals surface area contributed by atoms with E-state index in [0.29, 0.717) is 36.7 Å². The summed E-state index contributed by atoms with van der Waals surface area (Å²) in [6.07, 6.45) is -0.617. The van der Waals surface area contributed by atoms with Gasteiger partial charge in [-0.15, -0.1) is 0 Å². The molecule has 1 N–H and O–H groups in total. The van der Waals surface area contributed by atoms with Crippen molar-refractivity contribution in [2.75, 3.05) is 18.4 Å². The number of aromatic nitrogens is 3. The second-order valence-corrected chi connectivity index (χ2v) is 7.75. The summed E-state index contributed by atoms with van der Waals surface area (Å²) in [5.41, 5.74) is 0.985. The molecule has 4 rings (SSSR count). The van der Waals surface area contributed by atoms with Crippen LogP contribution in [0.5, 0.6) is 0 Å². The summed E-state index contributed by atoms with van der Waals surface area (Å²) in [6.45, 7) is 2.92. The standard InChI is InChI=1S/C20H24F3N5O/c1-2-14-10-17(20(21,22)23)28-18(25-14)11-16(26-28)13-6-5-9-27(12-13)19(29)15-7-3-4-8-24-15/h3-4,7-8,11,13-14,17,25H,2,5-6,9-10,12H2,1H3/t13?,14-,17-/m1/s1. The van der Waals surface area contributed by atoms with E-state index in [-0.39, 0.29) is 24.3 Å². The fourth-order valence-corrected chi connectivity index (χ4v) is 4.19. The summed E-state index contributed by atoms with van der Waals surface area (Å²) in [4.78, 5) is 18.5. The fourth-order valence-electron chi connectivity index (χ4n) is 4.19. The number of piperidine rings is 1. The lowest BCUT2D eigenvalue weighted by Gasteiger charge is -2.33. The zero-order valence-corrected chi connectivity index (χ0v) is 16.2. The summed E-state index contributed by atoms with van der Waals surface area (Å²) in [5, 5.41) is 7.52. The van der Waals surface area contributed by atoms with Gasteiger partial charge in [0.2, 0.25) is 0 Å². The number of nitrogens with zero attached hydrogens (tertiary/aromatic N) is 4. The maximum absolute atomic E-state index is 13.6. The molecular formula is C20H24F3N5O. The molecule has 1 fully saturated rings. The second-order valence-electron chi connectivity index (χ2n) is 7.75. The third-order valence-electron chi connectivity index (χ3n) is 5.79. The van der Waals surface area contributed by atoms with E-state index in [1.807, 2.05) is 6.92 Å². The van der Waals surface area contributed by atoms with Gasteiger partial charge in [0.1, 0.15) is 11.5 Å². The molecule has 2 aliphatic heterocycles. The average molecular weight is 407 g/mol. The molecule has 1 saturated heterocycles. The number of carbonyl (C=O) groups excluding carboxylic acids is 1. The van der Waals surface area contributed by atoms with Gasteiger partial charge in [-0.2, -0.15) is 18.3 Å². The minimum absolute atomic E-state index is 0.0247. The molecule has 6 nitrogen and oxygen atoms in total. The van der Waals surface area contributed by atoms with Crippen molar-refractivity contribution in [1.82, 2.24) is 19.7 Å². The molecule has 2 aromatic rings. The number of pyridine rings is 1. The molecule has 2 aliphatic rings. The second kappa shape index (κ2) is 7.68. The van der Waals surface area contributed by atoms with Crippen LogP contribution >= 0.6 is 0 Å². The van der Waals surface area contributed by atoms with Gasteiger partial charge in [-0.1, -0.05) is 13.0 Å². The maximum atomic E-state index is 13.6. The van der Waals surface area contributed by atoms with Gasteiger partial charge >= 0.3 is 6.18 Å². The van der Waals surface area contributed by atoms with Crippen molar-refractivity contribution < 1.29 is 18.0 Å². The number of carbonyl (C=O) groups is 1. The lowest BCUT2D eigenvalue weighted by atomic mass is 9.94. The van der Waals surface area contributed by atoms with Crippen LogP contribution < -0.4 is 5.32 Å². The summed E-state index contributed by atoms with van der Waals surface area (Å²) < 4.78 is 41.8. The predicted octanol–water partition coefficient (Wildman–Crippen LogP) is 4.00. The summed E-state index contributed by atoms with van der Waals surface area (Å²) >= 11 is 0. The monoisotopic (exact) mass is 407 g/mol. The van der Waals surface area contributed by atoms with E-state index >= 15 is 0 Å². The van der Waals surface area contributed by atoms with Crippen molar-refractivity contribution in [1.29, 1.82) is 0 Å². The topological polar surface area (TPSA) is 63.1 Å².